The summed E-state index contributed by atoms with van der Waals surface area (Å²) < 4.78 is 0. The van der Waals surface area contributed by atoms with Crippen molar-refractivity contribution in [1.82, 2.24) is 5.09 Å². The smallest absolute Gasteiger partial charge is 0.321 e. The van der Waals surface area contributed by atoms with Crippen molar-refractivity contribution in [3.8, 4) is 0 Å². The second kappa shape index (κ2) is 11.6. The summed E-state index contributed by atoms with van der Waals surface area (Å²) in [6.07, 6.45) is 1.20. The summed E-state index contributed by atoms with van der Waals surface area (Å²) in [6, 6.07) is 0. The van der Waals surface area contributed by atoms with Crippen molar-refractivity contribution in [2.75, 3.05) is 24.4 Å². The molecule has 1 unspecified atom stereocenters. The summed E-state index contributed by atoms with van der Waals surface area (Å²) in [4.78, 5) is 22.8. The van der Waals surface area contributed by atoms with Crippen molar-refractivity contribution in [2.24, 2.45) is 5.41 Å². The van der Waals surface area contributed by atoms with Gasteiger partial charge in [0.1, 0.15) is 0 Å². The second-order valence-corrected chi connectivity index (χ2v) is 8.11. The van der Waals surface area contributed by atoms with Gasteiger partial charge in [0.25, 0.3) is 0 Å². The van der Waals surface area contributed by atoms with Gasteiger partial charge in [0.05, 0.1) is 6.73 Å². The van der Waals surface area contributed by atoms with Crippen molar-refractivity contribution in [1.29, 1.82) is 0 Å². The van der Waals surface area contributed by atoms with E-state index in [9.17, 15) is 19.8 Å². The van der Waals surface area contributed by atoms with Crippen LogP contribution in [0.25, 0.3) is 0 Å². The van der Waals surface area contributed by atoms with E-state index in [1.165, 1.54) is 0 Å². The van der Waals surface area contributed by atoms with Crippen LogP contribution in [0.5, 0.6) is 0 Å². The normalized spacial score (nSPS) is 12.1. The molecular formula is C11H22NO5PS2. The third-order valence-electron chi connectivity index (χ3n) is 2.73. The van der Waals surface area contributed by atoms with Crippen LogP contribution in [0.4, 0.5) is 0 Å². The fourth-order valence-corrected chi connectivity index (χ4v) is 4.23. The van der Waals surface area contributed by atoms with Crippen LogP contribution in [0, 0.1) is 5.41 Å². The zero-order valence-electron chi connectivity index (χ0n) is 11.4. The standard InChI is InChI=1S/C11H22NO5PS2/c1-2-19-20-7-3-4-11(9(14)15,10(16)17)5-6-18-12-8-13/h12-13,18H,2-8H2,1H3,(H,14,15)(H,16,17). The number of carbonyl (C=O) groups is 2. The van der Waals surface area contributed by atoms with Gasteiger partial charge in [-0.2, -0.15) is 0 Å². The Kier molecular flexibility index (Phi) is 11.6. The fraction of sp³-hybridized carbons (Fsp3) is 0.818. The maximum Gasteiger partial charge on any atom is 0.321 e. The van der Waals surface area contributed by atoms with Crippen LogP contribution >= 0.6 is 30.3 Å². The molecular weight excluding hydrogens is 321 g/mol. The highest BCUT2D eigenvalue weighted by Gasteiger charge is 2.45. The van der Waals surface area contributed by atoms with E-state index >= 15 is 0 Å². The Morgan fingerprint density at radius 1 is 1.20 bits per heavy atom. The Hall–Kier alpha value is -0.0100. The molecule has 0 aliphatic heterocycles. The minimum Gasteiger partial charge on any atom is -0.480 e. The maximum absolute atomic E-state index is 11.4. The minimum atomic E-state index is -1.71. The molecule has 0 aromatic heterocycles. The van der Waals surface area contributed by atoms with Gasteiger partial charge < -0.3 is 15.3 Å². The molecule has 0 heterocycles. The number of nitrogens with one attached hydrogen (secondary N) is 1. The summed E-state index contributed by atoms with van der Waals surface area (Å²) in [6.45, 7) is 1.85. The Morgan fingerprint density at radius 2 is 1.85 bits per heavy atom. The monoisotopic (exact) mass is 343 g/mol. The van der Waals surface area contributed by atoms with Crippen molar-refractivity contribution in [3.63, 3.8) is 0 Å². The van der Waals surface area contributed by atoms with Crippen LogP contribution in [0.1, 0.15) is 26.2 Å². The van der Waals surface area contributed by atoms with Crippen LogP contribution in [0.15, 0.2) is 0 Å². The van der Waals surface area contributed by atoms with Crippen LogP contribution in [-0.2, 0) is 9.59 Å². The molecule has 4 N–H and O–H groups in total. The highest BCUT2D eigenvalue weighted by Crippen LogP contribution is 2.33. The van der Waals surface area contributed by atoms with Crippen molar-refractivity contribution >= 4 is 42.3 Å². The lowest BCUT2D eigenvalue weighted by Gasteiger charge is -2.24. The first-order chi connectivity index (χ1) is 9.51. The van der Waals surface area contributed by atoms with Crippen molar-refractivity contribution in [2.45, 2.75) is 26.2 Å². The average Bonchev–Trinajstić information content (AvgIpc) is 2.40. The average molecular weight is 343 g/mol. The molecule has 6 nitrogen and oxygen atoms in total. The van der Waals surface area contributed by atoms with Crippen LogP contribution in [0.3, 0.4) is 0 Å². The van der Waals surface area contributed by atoms with Crippen LogP contribution in [-0.4, -0.2) is 51.7 Å². The molecule has 0 radical (unpaired) electrons. The Labute approximate surface area is 128 Å². The molecule has 0 aliphatic carbocycles. The number of hydrogen-bond donors (Lipinski definition) is 4. The van der Waals surface area contributed by atoms with E-state index in [-0.39, 0.29) is 28.3 Å². The molecule has 0 saturated carbocycles. The molecule has 0 spiro atoms. The second-order valence-electron chi connectivity index (χ2n) is 4.04. The molecule has 0 aliphatic rings. The van der Waals surface area contributed by atoms with Gasteiger partial charge in [-0.3, -0.25) is 14.7 Å². The third kappa shape index (κ3) is 7.13. The zero-order chi connectivity index (χ0) is 15.4. The highest BCUT2D eigenvalue weighted by molar-refractivity contribution is 8.76. The fourth-order valence-electron chi connectivity index (χ4n) is 1.64. The van der Waals surface area contributed by atoms with E-state index in [1.54, 1.807) is 21.6 Å². The lowest BCUT2D eigenvalue weighted by Crippen LogP contribution is -2.40. The predicted octanol–water partition coefficient (Wildman–Crippen LogP) is 1.85. The molecule has 118 valence electrons. The van der Waals surface area contributed by atoms with Gasteiger partial charge in [0.15, 0.2) is 5.41 Å². The van der Waals surface area contributed by atoms with Crippen LogP contribution < -0.4 is 5.09 Å². The highest BCUT2D eigenvalue weighted by atomic mass is 33.1. The van der Waals surface area contributed by atoms with Crippen molar-refractivity contribution < 1.29 is 24.9 Å². The lowest BCUT2D eigenvalue weighted by molar-refractivity contribution is -0.165. The molecule has 0 bridgehead atoms. The van der Waals surface area contributed by atoms with E-state index in [1.807, 2.05) is 6.92 Å². The summed E-state index contributed by atoms with van der Waals surface area (Å²) in [5.74, 6) is -0.821. The first-order valence-electron chi connectivity index (χ1n) is 6.29. The molecule has 9 heteroatoms. The molecule has 0 fully saturated rings. The van der Waals surface area contributed by atoms with Crippen molar-refractivity contribution in [3.05, 3.63) is 0 Å². The first-order valence-corrected chi connectivity index (χ1v) is 9.98. The molecule has 0 saturated heterocycles. The van der Waals surface area contributed by atoms with Gasteiger partial charge in [0, 0.05) is 11.5 Å². The van der Waals surface area contributed by atoms with Gasteiger partial charge in [-0.1, -0.05) is 37.2 Å². The third-order valence-corrected chi connectivity index (χ3v) is 6.20. The number of aliphatic hydroxyl groups is 1. The van der Waals surface area contributed by atoms with Crippen LogP contribution in [0.2, 0.25) is 0 Å². The van der Waals surface area contributed by atoms with E-state index in [2.05, 4.69) is 5.09 Å². The summed E-state index contributed by atoms with van der Waals surface area (Å²) in [5, 5.41) is 29.9. The quantitative estimate of drug-likeness (QED) is 0.132. The number of hydrogen-bond acceptors (Lipinski definition) is 6. The first kappa shape index (κ1) is 20.0. The van der Waals surface area contributed by atoms with E-state index in [4.69, 9.17) is 5.11 Å². The predicted molar refractivity (Wildman–Crippen MR) is 85.5 cm³/mol. The summed E-state index contributed by atoms with van der Waals surface area (Å²) in [5.41, 5.74) is -1.71. The number of aliphatic carboxylic acids is 2. The van der Waals surface area contributed by atoms with Gasteiger partial charge >= 0.3 is 11.9 Å². The maximum atomic E-state index is 11.4. The number of rotatable bonds is 13. The Balaban J connectivity index is 4.44. The van der Waals surface area contributed by atoms with E-state index in [0.29, 0.717) is 12.6 Å². The van der Waals surface area contributed by atoms with E-state index in [0.717, 1.165) is 11.5 Å². The largest absolute Gasteiger partial charge is 0.480 e. The number of carboxylic acid groups (broad SMARTS) is 2. The molecule has 0 rings (SSSR count). The SMILES string of the molecule is CCSSCCCC(CCPNCO)(C(=O)O)C(=O)O. The molecule has 0 aromatic carbocycles. The lowest BCUT2D eigenvalue weighted by atomic mass is 9.81. The topological polar surface area (TPSA) is 107 Å². The molecule has 0 aromatic rings. The molecule has 20 heavy (non-hydrogen) atoms. The summed E-state index contributed by atoms with van der Waals surface area (Å²) >= 11 is 0. The number of carboxylic acids is 2. The van der Waals surface area contributed by atoms with E-state index < -0.39 is 17.4 Å². The Morgan fingerprint density at radius 3 is 2.35 bits per heavy atom. The summed E-state index contributed by atoms with van der Waals surface area (Å²) in [7, 11) is 3.48. The van der Waals surface area contributed by atoms with Gasteiger partial charge in [-0.25, -0.2) is 0 Å². The van der Waals surface area contributed by atoms with Gasteiger partial charge in [0.2, 0.25) is 0 Å². The zero-order valence-corrected chi connectivity index (χ0v) is 14.1. The Bertz CT molecular complexity index is 293. The number of aliphatic hydroxyl groups excluding tert-OH is 1. The minimum absolute atomic E-state index is 0.0781. The van der Waals surface area contributed by atoms with Gasteiger partial charge in [-0.05, 0) is 25.4 Å². The van der Waals surface area contributed by atoms with Gasteiger partial charge in [-0.15, -0.1) is 0 Å². The molecule has 0 amide bonds. The molecule has 1 atom stereocenters.